The summed E-state index contributed by atoms with van der Waals surface area (Å²) >= 11 is 0. The molecule has 1 aromatic rings. The van der Waals surface area contributed by atoms with Gasteiger partial charge in [0.25, 0.3) is 0 Å². The number of aliphatic hydroxyl groups is 1. The summed E-state index contributed by atoms with van der Waals surface area (Å²) in [6.07, 6.45) is 3.58. The van der Waals surface area contributed by atoms with E-state index in [1.54, 1.807) is 6.33 Å². The van der Waals surface area contributed by atoms with Crippen molar-refractivity contribution in [2.45, 2.75) is 72.1 Å². The first-order valence-corrected chi connectivity index (χ1v) is 7.89. The third kappa shape index (κ3) is 3.20. The second kappa shape index (κ2) is 7.74. The number of likely N-dealkylation sites (N-methyl/N-ethyl adjacent to an activating group) is 1. The molecule has 1 rings (SSSR count). The highest BCUT2D eigenvalue weighted by Crippen LogP contribution is 2.29. The second-order valence-corrected chi connectivity index (χ2v) is 5.19. The molecule has 0 bridgehead atoms. The molecule has 20 heavy (non-hydrogen) atoms. The molecule has 0 amide bonds. The Morgan fingerprint density at radius 3 is 2.25 bits per heavy atom. The van der Waals surface area contributed by atoms with Gasteiger partial charge < -0.3 is 5.11 Å². The SMILES string of the molecule is CCN(CC)C(CC)(CC)C(O)Cc1ncnn1CC. The second-order valence-electron chi connectivity index (χ2n) is 5.19. The van der Waals surface area contributed by atoms with Crippen molar-refractivity contribution < 1.29 is 5.11 Å². The summed E-state index contributed by atoms with van der Waals surface area (Å²) in [6.45, 7) is 13.4. The lowest BCUT2D eigenvalue weighted by Crippen LogP contribution is -2.56. The van der Waals surface area contributed by atoms with Crippen molar-refractivity contribution in [3.05, 3.63) is 12.2 Å². The van der Waals surface area contributed by atoms with Crippen LogP contribution in [0.4, 0.5) is 0 Å². The van der Waals surface area contributed by atoms with Crippen molar-refractivity contribution >= 4 is 0 Å². The number of rotatable bonds is 9. The van der Waals surface area contributed by atoms with Gasteiger partial charge in [0.2, 0.25) is 0 Å². The minimum Gasteiger partial charge on any atom is -0.391 e. The van der Waals surface area contributed by atoms with Crippen molar-refractivity contribution in [2.24, 2.45) is 0 Å². The molecule has 5 nitrogen and oxygen atoms in total. The Bertz CT molecular complexity index is 383. The molecule has 5 heteroatoms. The van der Waals surface area contributed by atoms with E-state index in [1.165, 1.54) is 0 Å². The van der Waals surface area contributed by atoms with E-state index in [1.807, 2.05) is 11.6 Å². The molecule has 116 valence electrons. The maximum absolute atomic E-state index is 10.9. The van der Waals surface area contributed by atoms with Crippen LogP contribution in [0.5, 0.6) is 0 Å². The van der Waals surface area contributed by atoms with Gasteiger partial charge in [-0.25, -0.2) is 4.98 Å². The Morgan fingerprint density at radius 1 is 1.20 bits per heavy atom. The first kappa shape index (κ1) is 17.1. The van der Waals surface area contributed by atoms with Crippen molar-refractivity contribution in [1.29, 1.82) is 0 Å². The molecule has 1 aromatic heterocycles. The third-order valence-corrected chi connectivity index (χ3v) is 4.61. The summed E-state index contributed by atoms with van der Waals surface area (Å²) in [4.78, 5) is 6.67. The van der Waals surface area contributed by atoms with E-state index in [0.29, 0.717) is 6.42 Å². The molecule has 0 spiro atoms. The molecule has 1 heterocycles. The summed E-state index contributed by atoms with van der Waals surface area (Å²) in [5.41, 5.74) is -0.173. The van der Waals surface area contributed by atoms with Crippen molar-refractivity contribution in [3.8, 4) is 0 Å². The largest absolute Gasteiger partial charge is 0.391 e. The number of nitrogens with zero attached hydrogens (tertiary/aromatic N) is 4. The van der Waals surface area contributed by atoms with Crippen LogP contribution in [0.15, 0.2) is 6.33 Å². The Hall–Kier alpha value is -0.940. The maximum Gasteiger partial charge on any atom is 0.138 e. The quantitative estimate of drug-likeness (QED) is 0.753. The number of hydrogen-bond acceptors (Lipinski definition) is 4. The van der Waals surface area contributed by atoms with Crippen LogP contribution in [-0.4, -0.2) is 49.5 Å². The predicted molar refractivity (Wildman–Crippen MR) is 81.6 cm³/mol. The normalized spacial score (nSPS) is 13.9. The molecule has 0 aliphatic carbocycles. The predicted octanol–water partition coefficient (Wildman–Crippen LogP) is 2.10. The number of hydrogen-bond donors (Lipinski definition) is 1. The summed E-state index contributed by atoms with van der Waals surface area (Å²) < 4.78 is 1.86. The lowest BCUT2D eigenvalue weighted by molar-refractivity contribution is -0.0353. The van der Waals surface area contributed by atoms with Crippen LogP contribution in [0.3, 0.4) is 0 Å². The average molecular weight is 282 g/mol. The van der Waals surface area contributed by atoms with E-state index in [-0.39, 0.29) is 5.54 Å². The van der Waals surface area contributed by atoms with E-state index in [4.69, 9.17) is 0 Å². The molecule has 1 atom stereocenters. The third-order valence-electron chi connectivity index (χ3n) is 4.61. The van der Waals surface area contributed by atoms with Gasteiger partial charge in [-0.1, -0.05) is 27.7 Å². The molecule has 0 fully saturated rings. The molecular formula is C15H30N4O. The summed E-state index contributed by atoms with van der Waals surface area (Å²) in [6, 6.07) is 0. The van der Waals surface area contributed by atoms with Crippen molar-refractivity contribution in [3.63, 3.8) is 0 Å². The Morgan fingerprint density at radius 2 is 1.80 bits per heavy atom. The fraction of sp³-hybridized carbons (Fsp3) is 0.867. The van der Waals surface area contributed by atoms with E-state index in [0.717, 1.165) is 38.3 Å². The van der Waals surface area contributed by atoms with Gasteiger partial charge in [0, 0.05) is 18.5 Å². The molecular weight excluding hydrogens is 252 g/mol. The molecule has 0 aromatic carbocycles. The van der Waals surface area contributed by atoms with Crippen molar-refractivity contribution in [2.75, 3.05) is 13.1 Å². The van der Waals surface area contributed by atoms with Gasteiger partial charge >= 0.3 is 0 Å². The highest BCUT2D eigenvalue weighted by molar-refractivity contribution is 5.00. The highest BCUT2D eigenvalue weighted by Gasteiger charge is 2.39. The molecule has 0 aliphatic heterocycles. The number of aliphatic hydroxyl groups excluding tert-OH is 1. The topological polar surface area (TPSA) is 54.2 Å². The summed E-state index contributed by atoms with van der Waals surface area (Å²) in [5, 5.41) is 15.0. The van der Waals surface area contributed by atoms with Crippen molar-refractivity contribution in [1.82, 2.24) is 19.7 Å². The minimum atomic E-state index is -0.424. The Labute approximate surface area is 123 Å². The van der Waals surface area contributed by atoms with E-state index >= 15 is 0 Å². The lowest BCUT2D eigenvalue weighted by Gasteiger charge is -2.45. The van der Waals surface area contributed by atoms with Crippen LogP contribution >= 0.6 is 0 Å². The number of aryl methyl sites for hydroxylation is 1. The highest BCUT2D eigenvalue weighted by atomic mass is 16.3. The van der Waals surface area contributed by atoms with E-state index in [9.17, 15) is 5.11 Å². The molecule has 0 aliphatic rings. The van der Waals surface area contributed by atoms with Gasteiger partial charge in [0.15, 0.2) is 0 Å². The first-order valence-electron chi connectivity index (χ1n) is 7.89. The lowest BCUT2D eigenvalue weighted by atomic mass is 9.82. The van der Waals surface area contributed by atoms with Crippen LogP contribution in [-0.2, 0) is 13.0 Å². The van der Waals surface area contributed by atoms with Gasteiger partial charge in [0.05, 0.1) is 6.10 Å². The van der Waals surface area contributed by atoms with Crippen LogP contribution in [0.2, 0.25) is 0 Å². The smallest absolute Gasteiger partial charge is 0.138 e. The molecule has 0 saturated heterocycles. The van der Waals surface area contributed by atoms with Gasteiger partial charge in [-0.05, 0) is 32.9 Å². The molecule has 0 saturated carbocycles. The Kier molecular flexibility index (Phi) is 6.62. The standard InChI is InChI=1S/C15H30N4O/c1-6-15(7-2,18(8-3)9-4)13(20)11-14-16-12-17-19(14)10-5/h12-13,20H,6-11H2,1-5H3. The summed E-state index contributed by atoms with van der Waals surface area (Å²) in [7, 11) is 0. The maximum atomic E-state index is 10.9. The van der Waals surface area contributed by atoms with Crippen LogP contribution in [0, 0.1) is 0 Å². The molecule has 1 N–H and O–H groups in total. The average Bonchev–Trinajstić information content (AvgIpc) is 2.91. The fourth-order valence-corrected chi connectivity index (χ4v) is 3.31. The fourth-order valence-electron chi connectivity index (χ4n) is 3.31. The number of aromatic nitrogens is 3. The van der Waals surface area contributed by atoms with Gasteiger partial charge in [0.1, 0.15) is 12.2 Å². The zero-order chi connectivity index (χ0) is 15.2. The molecule has 0 radical (unpaired) electrons. The zero-order valence-corrected chi connectivity index (χ0v) is 13.6. The monoisotopic (exact) mass is 282 g/mol. The van der Waals surface area contributed by atoms with Gasteiger partial charge in [-0.2, -0.15) is 5.10 Å². The summed E-state index contributed by atoms with van der Waals surface area (Å²) in [5.74, 6) is 0.874. The first-order chi connectivity index (χ1) is 9.59. The minimum absolute atomic E-state index is 0.173. The van der Waals surface area contributed by atoms with Gasteiger partial charge in [-0.15, -0.1) is 0 Å². The molecule has 1 unspecified atom stereocenters. The van der Waals surface area contributed by atoms with E-state index < -0.39 is 6.10 Å². The van der Waals surface area contributed by atoms with Crippen LogP contribution in [0.1, 0.15) is 53.3 Å². The van der Waals surface area contributed by atoms with Crippen LogP contribution < -0.4 is 0 Å². The zero-order valence-electron chi connectivity index (χ0n) is 13.6. The Balaban J connectivity index is 2.97. The van der Waals surface area contributed by atoms with Gasteiger partial charge in [-0.3, -0.25) is 9.58 Å². The van der Waals surface area contributed by atoms with Crippen LogP contribution in [0.25, 0.3) is 0 Å². The van der Waals surface area contributed by atoms with E-state index in [2.05, 4.69) is 42.7 Å².